The van der Waals surface area contributed by atoms with E-state index < -0.39 is 10.0 Å². The molecule has 35 heavy (non-hydrogen) atoms. The molecule has 0 fully saturated rings. The van der Waals surface area contributed by atoms with E-state index in [0.29, 0.717) is 28.5 Å². The van der Waals surface area contributed by atoms with Crippen LogP contribution in [0.3, 0.4) is 0 Å². The van der Waals surface area contributed by atoms with Crippen LogP contribution in [0.25, 0.3) is 22.8 Å². The van der Waals surface area contributed by atoms with Gasteiger partial charge in [0.15, 0.2) is 5.76 Å². The number of sulfonamides is 1. The molecule has 0 radical (unpaired) electrons. The number of methoxy groups -OCH3 is 1. The van der Waals surface area contributed by atoms with Crippen LogP contribution in [0, 0.1) is 6.92 Å². The minimum Gasteiger partial charge on any atom is -0.494 e. The summed E-state index contributed by atoms with van der Waals surface area (Å²) in [6.45, 7) is 3.55. The fourth-order valence-corrected chi connectivity index (χ4v) is 4.06. The van der Waals surface area contributed by atoms with Crippen LogP contribution in [0.2, 0.25) is 0 Å². The van der Waals surface area contributed by atoms with Crippen molar-refractivity contribution < 1.29 is 22.4 Å². The molecule has 0 aliphatic carbocycles. The lowest BCUT2D eigenvalue weighted by molar-refractivity contribution is 0.102. The van der Waals surface area contributed by atoms with Crippen molar-refractivity contribution in [3.63, 3.8) is 0 Å². The van der Waals surface area contributed by atoms with Crippen molar-refractivity contribution in [1.82, 2.24) is 4.98 Å². The van der Waals surface area contributed by atoms with E-state index in [4.69, 9.17) is 9.15 Å². The van der Waals surface area contributed by atoms with Gasteiger partial charge in [-0.2, -0.15) is 0 Å². The number of benzene rings is 3. The van der Waals surface area contributed by atoms with Crippen LogP contribution in [0.1, 0.15) is 22.8 Å². The maximum atomic E-state index is 13.1. The number of oxazole rings is 1. The highest BCUT2D eigenvalue weighted by Gasteiger charge is 2.18. The first-order chi connectivity index (χ1) is 16.8. The molecule has 1 amide bonds. The lowest BCUT2D eigenvalue weighted by Crippen LogP contribution is -2.16. The molecule has 4 rings (SSSR count). The summed E-state index contributed by atoms with van der Waals surface area (Å²) in [5.74, 6) is 0.763. The molecular formula is C26H25N3O5S. The molecule has 0 aliphatic rings. The number of nitrogens with zero attached hydrogens (tertiary/aromatic N) is 1. The van der Waals surface area contributed by atoms with Crippen LogP contribution in [0.4, 0.5) is 11.4 Å². The topological polar surface area (TPSA) is 111 Å². The highest BCUT2D eigenvalue weighted by Crippen LogP contribution is 2.31. The summed E-state index contributed by atoms with van der Waals surface area (Å²) >= 11 is 0. The number of hydrogen-bond donors (Lipinski definition) is 2. The van der Waals surface area contributed by atoms with Gasteiger partial charge in [-0.1, -0.05) is 42.0 Å². The van der Waals surface area contributed by atoms with E-state index in [1.165, 1.54) is 13.2 Å². The number of carbonyl (C=O) groups is 1. The fraction of sp³-hybridized carbons (Fsp3) is 0.154. The third kappa shape index (κ3) is 5.52. The SMILES string of the molecule is CCS(=O)(=O)Nc1ccc(NC(=O)c2ccccc2-c2ncc(-c3ccc(C)cc3)o2)cc1OC. The summed E-state index contributed by atoms with van der Waals surface area (Å²) < 4.78 is 37.6. The van der Waals surface area contributed by atoms with Crippen LogP contribution in [0.15, 0.2) is 77.3 Å². The molecule has 3 aromatic carbocycles. The summed E-state index contributed by atoms with van der Waals surface area (Å²) in [6, 6.07) is 19.6. The van der Waals surface area contributed by atoms with Crippen LogP contribution >= 0.6 is 0 Å². The van der Waals surface area contributed by atoms with Gasteiger partial charge in [0.05, 0.1) is 30.3 Å². The number of ether oxygens (including phenoxy) is 1. The second-order valence-electron chi connectivity index (χ2n) is 7.82. The third-order valence-corrected chi connectivity index (χ3v) is 6.64. The monoisotopic (exact) mass is 491 g/mol. The molecule has 0 atom stereocenters. The van der Waals surface area contributed by atoms with Gasteiger partial charge >= 0.3 is 0 Å². The number of anilines is 2. The molecular weight excluding hydrogens is 466 g/mol. The number of nitrogens with one attached hydrogen (secondary N) is 2. The van der Waals surface area contributed by atoms with Crippen molar-refractivity contribution in [2.24, 2.45) is 0 Å². The lowest BCUT2D eigenvalue weighted by Gasteiger charge is -2.13. The molecule has 8 nitrogen and oxygen atoms in total. The Morgan fingerprint density at radius 2 is 1.80 bits per heavy atom. The highest BCUT2D eigenvalue weighted by molar-refractivity contribution is 7.92. The molecule has 4 aromatic rings. The average molecular weight is 492 g/mol. The number of carbonyl (C=O) groups excluding carboxylic acids is 1. The normalized spacial score (nSPS) is 11.2. The fourth-order valence-electron chi connectivity index (χ4n) is 3.41. The number of hydrogen-bond acceptors (Lipinski definition) is 6. The zero-order valence-electron chi connectivity index (χ0n) is 19.5. The van der Waals surface area contributed by atoms with Gasteiger partial charge in [0.1, 0.15) is 5.75 Å². The molecule has 0 saturated heterocycles. The van der Waals surface area contributed by atoms with Crippen molar-refractivity contribution in [3.05, 3.63) is 84.1 Å². The van der Waals surface area contributed by atoms with Crippen molar-refractivity contribution in [3.8, 4) is 28.5 Å². The van der Waals surface area contributed by atoms with E-state index in [0.717, 1.165) is 11.1 Å². The molecule has 0 bridgehead atoms. The standard InChI is InChI=1S/C26H25N3O5S/c1-4-35(31,32)29-22-14-13-19(15-23(22)33-3)28-25(30)20-7-5-6-8-21(20)26-27-16-24(34-26)18-11-9-17(2)10-12-18/h5-16,29H,4H2,1-3H3,(H,28,30). The van der Waals surface area contributed by atoms with Crippen LogP contribution < -0.4 is 14.8 Å². The van der Waals surface area contributed by atoms with Crippen molar-refractivity contribution >= 4 is 27.3 Å². The van der Waals surface area contributed by atoms with Gasteiger partial charge in [-0.25, -0.2) is 13.4 Å². The van der Waals surface area contributed by atoms with E-state index in [1.807, 2.05) is 31.2 Å². The van der Waals surface area contributed by atoms with Gasteiger partial charge < -0.3 is 14.5 Å². The smallest absolute Gasteiger partial charge is 0.256 e. The third-order valence-electron chi connectivity index (χ3n) is 5.35. The molecule has 0 aliphatic heterocycles. The molecule has 1 aromatic heterocycles. The van der Waals surface area contributed by atoms with Gasteiger partial charge in [-0.05, 0) is 38.1 Å². The van der Waals surface area contributed by atoms with E-state index in [-0.39, 0.29) is 23.1 Å². The summed E-state index contributed by atoms with van der Waals surface area (Å²) in [5, 5.41) is 2.83. The maximum Gasteiger partial charge on any atom is 0.256 e. The first kappa shape index (κ1) is 24.0. The first-order valence-electron chi connectivity index (χ1n) is 10.9. The van der Waals surface area contributed by atoms with Crippen molar-refractivity contribution in [2.45, 2.75) is 13.8 Å². The van der Waals surface area contributed by atoms with E-state index in [2.05, 4.69) is 15.0 Å². The number of amides is 1. The van der Waals surface area contributed by atoms with E-state index in [9.17, 15) is 13.2 Å². The highest BCUT2D eigenvalue weighted by atomic mass is 32.2. The minimum absolute atomic E-state index is 0.0716. The number of aromatic nitrogens is 1. The summed E-state index contributed by atoms with van der Waals surface area (Å²) in [7, 11) is -2.05. The van der Waals surface area contributed by atoms with Crippen molar-refractivity contribution in [2.75, 3.05) is 22.9 Å². The molecule has 0 unspecified atom stereocenters. The summed E-state index contributed by atoms with van der Waals surface area (Å²) in [6.07, 6.45) is 1.63. The lowest BCUT2D eigenvalue weighted by atomic mass is 10.1. The Morgan fingerprint density at radius 3 is 2.51 bits per heavy atom. The van der Waals surface area contributed by atoms with Gasteiger partial charge in [-0.3, -0.25) is 9.52 Å². The van der Waals surface area contributed by atoms with Crippen LogP contribution in [-0.4, -0.2) is 32.2 Å². The van der Waals surface area contributed by atoms with Gasteiger partial charge in [-0.15, -0.1) is 0 Å². The number of rotatable bonds is 8. The van der Waals surface area contributed by atoms with Crippen LogP contribution in [0.5, 0.6) is 5.75 Å². The van der Waals surface area contributed by atoms with Gasteiger partial charge in [0, 0.05) is 22.9 Å². The van der Waals surface area contributed by atoms with E-state index in [1.54, 1.807) is 49.5 Å². The molecule has 2 N–H and O–H groups in total. The van der Waals surface area contributed by atoms with Crippen LogP contribution in [-0.2, 0) is 10.0 Å². The zero-order chi connectivity index (χ0) is 25.0. The zero-order valence-corrected chi connectivity index (χ0v) is 20.3. The Morgan fingerprint density at radius 1 is 1.06 bits per heavy atom. The Balaban J connectivity index is 1.59. The molecule has 180 valence electrons. The van der Waals surface area contributed by atoms with Crippen molar-refractivity contribution in [1.29, 1.82) is 0 Å². The predicted molar refractivity (Wildman–Crippen MR) is 136 cm³/mol. The molecule has 0 spiro atoms. The molecule has 1 heterocycles. The Kier molecular flexibility index (Phi) is 6.88. The predicted octanol–water partition coefficient (Wildman–Crippen LogP) is 5.34. The molecule has 0 saturated carbocycles. The van der Waals surface area contributed by atoms with E-state index >= 15 is 0 Å². The average Bonchev–Trinajstić information content (AvgIpc) is 3.35. The van der Waals surface area contributed by atoms with Gasteiger partial charge in [0.2, 0.25) is 15.9 Å². The Hall–Kier alpha value is -4.11. The summed E-state index contributed by atoms with van der Waals surface area (Å²) in [4.78, 5) is 17.5. The second kappa shape index (κ2) is 10.0. The molecule has 9 heteroatoms. The Bertz CT molecular complexity index is 1460. The largest absolute Gasteiger partial charge is 0.494 e. The number of aryl methyl sites for hydroxylation is 1. The Labute approximate surface area is 204 Å². The first-order valence-corrected chi connectivity index (χ1v) is 12.6. The minimum atomic E-state index is -3.48. The second-order valence-corrected chi connectivity index (χ2v) is 9.83. The summed E-state index contributed by atoms with van der Waals surface area (Å²) in [5.41, 5.74) is 3.68. The maximum absolute atomic E-state index is 13.1. The van der Waals surface area contributed by atoms with Gasteiger partial charge in [0.25, 0.3) is 5.91 Å². The quantitative estimate of drug-likeness (QED) is 0.344.